The number of amides is 1. The second kappa shape index (κ2) is 7.16. The second-order valence-electron chi connectivity index (χ2n) is 5.08. The highest BCUT2D eigenvalue weighted by Crippen LogP contribution is 2.14. The van der Waals surface area contributed by atoms with E-state index in [0.717, 1.165) is 12.2 Å². The first-order valence-electron chi connectivity index (χ1n) is 6.39. The van der Waals surface area contributed by atoms with E-state index in [0.29, 0.717) is 31.3 Å². The summed E-state index contributed by atoms with van der Waals surface area (Å²) >= 11 is 0. The van der Waals surface area contributed by atoms with Crippen LogP contribution < -0.4 is 11.1 Å². The zero-order valence-electron chi connectivity index (χ0n) is 11.4. The van der Waals surface area contributed by atoms with Crippen LogP contribution in [-0.4, -0.2) is 17.4 Å². The summed E-state index contributed by atoms with van der Waals surface area (Å²) in [6.07, 6.45) is 3.08. The molecule has 0 aromatic carbocycles. The SMILES string of the molecule is Cc1cnc(CNC(=O)CC(CN)CC(C)C)o1. The molecule has 0 bridgehead atoms. The largest absolute Gasteiger partial charge is 0.444 e. The molecule has 1 aromatic rings. The lowest BCUT2D eigenvalue weighted by molar-refractivity contribution is -0.122. The average molecular weight is 253 g/mol. The van der Waals surface area contributed by atoms with Gasteiger partial charge in [-0.15, -0.1) is 0 Å². The Morgan fingerprint density at radius 1 is 1.56 bits per heavy atom. The van der Waals surface area contributed by atoms with Gasteiger partial charge >= 0.3 is 0 Å². The van der Waals surface area contributed by atoms with Crippen LogP contribution in [0.25, 0.3) is 0 Å². The van der Waals surface area contributed by atoms with Crippen LogP contribution in [0.3, 0.4) is 0 Å². The molecule has 1 amide bonds. The minimum Gasteiger partial charge on any atom is -0.444 e. The number of aromatic nitrogens is 1. The molecule has 1 unspecified atom stereocenters. The highest BCUT2D eigenvalue weighted by Gasteiger charge is 2.14. The highest BCUT2D eigenvalue weighted by atomic mass is 16.4. The van der Waals surface area contributed by atoms with Crippen molar-refractivity contribution in [3.63, 3.8) is 0 Å². The minimum absolute atomic E-state index is 0.00181. The van der Waals surface area contributed by atoms with Gasteiger partial charge in [-0.05, 0) is 31.7 Å². The number of nitrogens with one attached hydrogen (secondary N) is 1. The lowest BCUT2D eigenvalue weighted by atomic mass is 9.94. The fourth-order valence-corrected chi connectivity index (χ4v) is 1.92. The number of hydrogen-bond donors (Lipinski definition) is 2. The Hall–Kier alpha value is -1.36. The van der Waals surface area contributed by atoms with Crippen LogP contribution in [-0.2, 0) is 11.3 Å². The molecule has 0 aliphatic rings. The summed E-state index contributed by atoms with van der Waals surface area (Å²) in [5, 5.41) is 2.80. The van der Waals surface area contributed by atoms with Gasteiger partial charge in [-0.3, -0.25) is 4.79 Å². The van der Waals surface area contributed by atoms with Gasteiger partial charge in [-0.2, -0.15) is 0 Å². The quantitative estimate of drug-likeness (QED) is 0.773. The summed E-state index contributed by atoms with van der Waals surface area (Å²) in [5.41, 5.74) is 5.67. The number of nitrogens with zero attached hydrogens (tertiary/aromatic N) is 1. The predicted octanol–water partition coefficient (Wildman–Crippen LogP) is 1.61. The fourth-order valence-electron chi connectivity index (χ4n) is 1.92. The summed E-state index contributed by atoms with van der Waals surface area (Å²) in [5.74, 6) is 2.09. The second-order valence-corrected chi connectivity index (χ2v) is 5.08. The number of aryl methyl sites for hydroxylation is 1. The molecule has 0 aliphatic heterocycles. The zero-order valence-corrected chi connectivity index (χ0v) is 11.4. The van der Waals surface area contributed by atoms with Gasteiger partial charge in [0.05, 0.1) is 12.7 Å². The number of oxazole rings is 1. The molecule has 3 N–H and O–H groups in total. The maximum atomic E-state index is 11.7. The van der Waals surface area contributed by atoms with E-state index in [1.807, 2.05) is 6.92 Å². The average Bonchev–Trinajstić information content (AvgIpc) is 2.71. The lowest BCUT2D eigenvalue weighted by Gasteiger charge is -2.16. The monoisotopic (exact) mass is 253 g/mol. The molecular weight excluding hydrogens is 230 g/mol. The van der Waals surface area contributed by atoms with Crippen molar-refractivity contribution < 1.29 is 9.21 Å². The summed E-state index contributed by atoms with van der Waals surface area (Å²) in [7, 11) is 0. The van der Waals surface area contributed by atoms with Crippen LogP contribution in [0.2, 0.25) is 0 Å². The summed E-state index contributed by atoms with van der Waals surface area (Å²) in [6, 6.07) is 0. The molecule has 0 saturated carbocycles. The van der Waals surface area contributed by atoms with Crippen molar-refractivity contribution in [2.75, 3.05) is 6.54 Å². The van der Waals surface area contributed by atoms with Crippen LogP contribution in [0.5, 0.6) is 0 Å². The van der Waals surface area contributed by atoms with Crippen LogP contribution in [0.1, 0.15) is 38.3 Å². The number of carbonyl (C=O) groups is 1. The molecule has 0 fully saturated rings. The molecule has 5 heteroatoms. The van der Waals surface area contributed by atoms with E-state index in [1.165, 1.54) is 0 Å². The number of hydrogen-bond acceptors (Lipinski definition) is 4. The van der Waals surface area contributed by atoms with Crippen molar-refractivity contribution in [2.45, 2.75) is 40.2 Å². The van der Waals surface area contributed by atoms with Crippen molar-refractivity contribution >= 4 is 5.91 Å². The Morgan fingerprint density at radius 2 is 2.28 bits per heavy atom. The Balaban J connectivity index is 2.32. The van der Waals surface area contributed by atoms with E-state index in [-0.39, 0.29) is 11.8 Å². The third-order valence-electron chi connectivity index (χ3n) is 2.72. The van der Waals surface area contributed by atoms with E-state index in [9.17, 15) is 4.79 Å². The molecular formula is C13H23N3O2. The smallest absolute Gasteiger partial charge is 0.220 e. The van der Waals surface area contributed by atoms with E-state index in [4.69, 9.17) is 10.2 Å². The van der Waals surface area contributed by atoms with Gasteiger partial charge < -0.3 is 15.5 Å². The third-order valence-corrected chi connectivity index (χ3v) is 2.72. The molecule has 0 radical (unpaired) electrons. The van der Waals surface area contributed by atoms with Crippen molar-refractivity contribution in [3.05, 3.63) is 17.8 Å². The van der Waals surface area contributed by atoms with Gasteiger partial charge in [-0.1, -0.05) is 13.8 Å². The van der Waals surface area contributed by atoms with E-state index in [1.54, 1.807) is 6.20 Å². The molecule has 0 saturated heterocycles. The van der Waals surface area contributed by atoms with E-state index < -0.39 is 0 Å². The summed E-state index contributed by atoms with van der Waals surface area (Å²) < 4.78 is 5.28. The van der Waals surface area contributed by atoms with E-state index >= 15 is 0 Å². The lowest BCUT2D eigenvalue weighted by Crippen LogP contribution is -2.28. The van der Waals surface area contributed by atoms with Crippen molar-refractivity contribution in [1.82, 2.24) is 10.3 Å². The van der Waals surface area contributed by atoms with Crippen LogP contribution in [0.15, 0.2) is 10.6 Å². The zero-order chi connectivity index (χ0) is 13.5. The summed E-state index contributed by atoms with van der Waals surface area (Å²) in [4.78, 5) is 15.8. The van der Waals surface area contributed by atoms with Crippen LogP contribution in [0.4, 0.5) is 0 Å². The molecule has 1 atom stereocenters. The van der Waals surface area contributed by atoms with Gasteiger partial charge in [-0.25, -0.2) is 4.98 Å². The Bertz CT molecular complexity index is 374. The first-order valence-corrected chi connectivity index (χ1v) is 6.39. The Kier molecular flexibility index (Phi) is 5.85. The molecule has 0 spiro atoms. The number of rotatable bonds is 7. The van der Waals surface area contributed by atoms with Gasteiger partial charge in [0, 0.05) is 6.42 Å². The number of carbonyl (C=O) groups excluding carboxylic acids is 1. The molecule has 18 heavy (non-hydrogen) atoms. The van der Waals surface area contributed by atoms with Gasteiger partial charge in [0.25, 0.3) is 0 Å². The normalized spacial score (nSPS) is 12.7. The molecule has 1 heterocycles. The molecule has 1 aromatic heterocycles. The first-order chi connectivity index (χ1) is 8.51. The Morgan fingerprint density at radius 3 is 2.78 bits per heavy atom. The third kappa shape index (κ3) is 5.31. The highest BCUT2D eigenvalue weighted by molar-refractivity contribution is 5.76. The maximum absolute atomic E-state index is 11.7. The van der Waals surface area contributed by atoms with Crippen molar-refractivity contribution in [2.24, 2.45) is 17.6 Å². The topological polar surface area (TPSA) is 81.2 Å². The molecule has 1 rings (SSSR count). The molecule has 5 nitrogen and oxygen atoms in total. The molecule has 0 aliphatic carbocycles. The summed E-state index contributed by atoms with van der Waals surface area (Å²) in [6.45, 7) is 6.98. The van der Waals surface area contributed by atoms with Crippen molar-refractivity contribution in [3.8, 4) is 0 Å². The van der Waals surface area contributed by atoms with E-state index in [2.05, 4.69) is 24.1 Å². The van der Waals surface area contributed by atoms with Gasteiger partial charge in [0.15, 0.2) is 0 Å². The standard InChI is InChI=1S/C13H23N3O2/c1-9(2)4-11(6-14)5-12(17)15-8-13-16-7-10(3)18-13/h7,9,11H,4-6,8,14H2,1-3H3,(H,15,17). The fraction of sp³-hybridized carbons (Fsp3) is 0.692. The predicted molar refractivity (Wildman–Crippen MR) is 69.7 cm³/mol. The van der Waals surface area contributed by atoms with Crippen molar-refractivity contribution in [1.29, 1.82) is 0 Å². The molecule has 102 valence electrons. The first kappa shape index (κ1) is 14.7. The maximum Gasteiger partial charge on any atom is 0.220 e. The van der Waals surface area contributed by atoms with Gasteiger partial charge in [0.2, 0.25) is 11.8 Å². The van der Waals surface area contributed by atoms with Gasteiger partial charge in [0.1, 0.15) is 5.76 Å². The minimum atomic E-state index is 0.00181. The Labute approximate surface area is 108 Å². The van der Waals surface area contributed by atoms with Crippen LogP contribution in [0, 0.1) is 18.8 Å². The van der Waals surface area contributed by atoms with Crippen LogP contribution >= 0.6 is 0 Å². The number of nitrogens with two attached hydrogens (primary N) is 1.